The molecular formula is C20H20Cl2N2O4S. The van der Waals surface area contributed by atoms with Crippen molar-refractivity contribution in [3.63, 3.8) is 0 Å². The first-order chi connectivity index (χ1) is 13.7. The highest BCUT2D eigenvalue weighted by Gasteiger charge is 2.32. The molecule has 0 unspecified atom stereocenters. The molecule has 0 bridgehead atoms. The molecule has 2 aromatic rings. The van der Waals surface area contributed by atoms with Gasteiger partial charge in [-0.3, -0.25) is 9.59 Å². The van der Waals surface area contributed by atoms with Gasteiger partial charge in [-0.25, -0.2) is 8.42 Å². The standard InChI is InChI=1S/C20H20Cl2N2O4S/c1-13(25)15-3-2-4-17(11-15)29(27,28)24-9-7-14(8-10-24)20(26)23-16-5-6-18(21)19(22)12-16/h2-6,11-12,14H,7-10H2,1H3,(H,23,26). The van der Waals surface area contributed by atoms with Gasteiger partial charge in [0.25, 0.3) is 0 Å². The summed E-state index contributed by atoms with van der Waals surface area (Å²) in [6.07, 6.45) is 0.803. The quantitative estimate of drug-likeness (QED) is 0.684. The van der Waals surface area contributed by atoms with Crippen LogP contribution in [0.4, 0.5) is 5.69 Å². The van der Waals surface area contributed by atoms with Gasteiger partial charge in [-0.15, -0.1) is 0 Å². The number of nitrogens with zero attached hydrogens (tertiary/aromatic N) is 1. The lowest BCUT2D eigenvalue weighted by atomic mass is 9.97. The van der Waals surface area contributed by atoms with Crippen molar-refractivity contribution in [3.05, 3.63) is 58.1 Å². The molecule has 1 aliphatic rings. The van der Waals surface area contributed by atoms with Crippen LogP contribution in [0.15, 0.2) is 47.4 Å². The van der Waals surface area contributed by atoms with Gasteiger partial charge >= 0.3 is 0 Å². The van der Waals surface area contributed by atoms with E-state index < -0.39 is 10.0 Å². The van der Waals surface area contributed by atoms with E-state index in [2.05, 4.69) is 5.32 Å². The number of rotatable bonds is 5. The third kappa shape index (κ3) is 4.98. The number of benzene rings is 2. The maximum atomic E-state index is 12.9. The predicted molar refractivity (Wildman–Crippen MR) is 113 cm³/mol. The molecule has 6 nitrogen and oxygen atoms in total. The minimum atomic E-state index is -3.72. The van der Waals surface area contributed by atoms with Crippen molar-refractivity contribution >= 4 is 50.6 Å². The van der Waals surface area contributed by atoms with E-state index in [1.165, 1.54) is 23.4 Å². The van der Waals surface area contributed by atoms with Crippen LogP contribution in [-0.4, -0.2) is 37.5 Å². The highest BCUT2D eigenvalue weighted by molar-refractivity contribution is 7.89. The van der Waals surface area contributed by atoms with Crippen molar-refractivity contribution in [2.45, 2.75) is 24.7 Å². The number of halogens is 2. The first-order valence-corrected chi connectivity index (χ1v) is 11.2. The van der Waals surface area contributed by atoms with E-state index in [1.807, 2.05) is 0 Å². The summed E-state index contributed by atoms with van der Waals surface area (Å²) in [6.45, 7) is 1.85. The summed E-state index contributed by atoms with van der Waals surface area (Å²) in [6, 6.07) is 10.8. The number of hydrogen-bond donors (Lipinski definition) is 1. The van der Waals surface area contributed by atoms with E-state index >= 15 is 0 Å². The van der Waals surface area contributed by atoms with Crippen molar-refractivity contribution in [3.8, 4) is 0 Å². The maximum absolute atomic E-state index is 12.9. The molecular weight excluding hydrogens is 435 g/mol. The van der Waals surface area contributed by atoms with E-state index in [0.29, 0.717) is 34.1 Å². The first-order valence-electron chi connectivity index (χ1n) is 9.05. The summed E-state index contributed by atoms with van der Waals surface area (Å²) < 4.78 is 27.1. The molecule has 154 valence electrons. The summed E-state index contributed by atoms with van der Waals surface area (Å²) >= 11 is 11.8. The van der Waals surface area contributed by atoms with Gasteiger partial charge in [0.1, 0.15) is 0 Å². The largest absolute Gasteiger partial charge is 0.326 e. The van der Waals surface area contributed by atoms with Gasteiger partial charge in [0, 0.05) is 30.3 Å². The van der Waals surface area contributed by atoms with Crippen LogP contribution in [0, 0.1) is 5.92 Å². The molecule has 0 aliphatic carbocycles. The van der Waals surface area contributed by atoms with Crippen LogP contribution in [0.25, 0.3) is 0 Å². The van der Waals surface area contributed by atoms with Gasteiger partial charge in [0.2, 0.25) is 15.9 Å². The zero-order chi connectivity index (χ0) is 21.2. The second kappa shape index (κ2) is 8.83. The fraction of sp³-hybridized carbons (Fsp3) is 0.300. The van der Waals surface area contributed by atoms with Crippen molar-refractivity contribution < 1.29 is 18.0 Å². The summed E-state index contributed by atoms with van der Waals surface area (Å²) in [5, 5.41) is 3.54. The van der Waals surface area contributed by atoms with Crippen LogP contribution in [0.1, 0.15) is 30.1 Å². The van der Waals surface area contributed by atoms with Gasteiger partial charge < -0.3 is 5.32 Å². The molecule has 1 aliphatic heterocycles. The zero-order valence-corrected chi connectivity index (χ0v) is 18.0. The number of nitrogens with one attached hydrogen (secondary N) is 1. The van der Waals surface area contributed by atoms with Gasteiger partial charge in [-0.05, 0) is 50.1 Å². The summed E-state index contributed by atoms with van der Waals surface area (Å²) in [5.41, 5.74) is 0.891. The summed E-state index contributed by atoms with van der Waals surface area (Å²) in [7, 11) is -3.72. The number of amides is 1. The lowest BCUT2D eigenvalue weighted by Crippen LogP contribution is -2.41. The normalized spacial score (nSPS) is 15.8. The van der Waals surface area contributed by atoms with Crippen LogP contribution in [0.2, 0.25) is 10.0 Å². The average Bonchev–Trinajstić information content (AvgIpc) is 2.71. The van der Waals surface area contributed by atoms with E-state index in [-0.39, 0.29) is 35.6 Å². The Bertz CT molecular complexity index is 1050. The fourth-order valence-corrected chi connectivity index (χ4v) is 5.02. The van der Waals surface area contributed by atoms with E-state index in [9.17, 15) is 18.0 Å². The Kier molecular flexibility index (Phi) is 6.63. The molecule has 1 fully saturated rings. The van der Waals surface area contributed by atoms with Crippen LogP contribution in [0.5, 0.6) is 0 Å². The molecule has 0 spiro atoms. The Labute approximate surface area is 179 Å². The number of carbonyl (C=O) groups is 2. The van der Waals surface area contributed by atoms with Gasteiger partial charge in [0.05, 0.1) is 14.9 Å². The molecule has 1 saturated heterocycles. The number of Topliss-reactive ketones (excluding diaryl/α,β-unsaturated/α-hetero) is 1. The minimum absolute atomic E-state index is 0.0870. The number of ketones is 1. The lowest BCUT2D eigenvalue weighted by Gasteiger charge is -2.30. The molecule has 0 saturated carbocycles. The fourth-order valence-electron chi connectivity index (χ4n) is 3.20. The molecule has 0 radical (unpaired) electrons. The Morgan fingerprint density at radius 3 is 2.34 bits per heavy atom. The third-order valence-electron chi connectivity index (χ3n) is 4.89. The third-order valence-corrected chi connectivity index (χ3v) is 7.52. The molecule has 0 atom stereocenters. The molecule has 2 aromatic carbocycles. The summed E-state index contributed by atoms with van der Waals surface area (Å²) in [5.74, 6) is -0.682. The van der Waals surface area contributed by atoms with E-state index in [4.69, 9.17) is 23.2 Å². The minimum Gasteiger partial charge on any atom is -0.326 e. The van der Waals surface area contributed by atoms with Gasteiger partial charge in [-0.2, -0.15) is 4.31 Å². The van der Waals surface area contributed by atoms with Gasteiger partial charge in [-0.1, -0.05) is 35.3 Å². The monoisotopic (exact) mass is 454 g/mol. The molecule has 29 heavy (non-hydrogen) atoms. The molecule has 0 aromatic heterocycles. The highest BCUT2D eigenvalue weighted by atomic mass is 35.5. The molecule has 1 N–H and O–H groups in total. The molecule has 3 rings (SSSR count). The van der Waals surface area contributed by atoms with Crippen molar-refractivity contribution in [2.24, 2.45) is 5.92 Å². The second-order valence-corrected chi connectivity index (χ2v) is 9.63. The smallest absolute Gasteiger partial charge is 0.243 e. The number of hydrogen-bond acceptors (Lipinski definition) is 4. The number of piperidine rings is 1. The lowest BCUT2D eigenvalue weighted by molar-refractivity contribution is -0.120. The zero-order valence-electron chi connectivity index (χ0n) is 15.7. The Hall–Kier alpha value is -1.93. The highest BCUT2D eigenvalue weighted by Crippen LogP contribution is 2.28. The van der Waals surface area contributed by atoms with Crippen LogP contribution >= 0.6 is 23.2 Å². The van der Waals surface area contributed by atoms with Gasteiger partial charge in [0.15, 0.2) is 5.78 Å². The second-order valence-electron chi connectivity index (χ2n) is 6.88. The van der Waals surface area contributed by atoms with Crippen LogP contribution in [-0.2, 0) is 14.8 Å². The van der Waals surface area contributed by atoms with Crippen LogP contribution < -0.4 is 5.32 Å². The van der Waals surface area contributed by atoms with E-state index in [1.54, 1.807) is 30.3 Å². The summed E-state index contributed by atoms with van der Waals surface area (Å²) in [4.78, 5) is 24.1. The Morgan fingerprint density at radius 1 is 1.03 bits per heavy atom. The van der Waals surface area contributed by atoms with Crippen molar-refractivity contribution in [2.75, 3.05) is 18.4 Å². The predicted octanol–water partition coefficient (Wildman–Crippen LogP) is 4.24. The molecule has 1 amide bonds. The van der Waals surface area contributed by atoms with E-state index in [0.717, 1.165) is 0 Å². The van der Waals surface area contributed by atoms with Crippen molar-refractivity contribution in [1.29, 1.82) is 0 Å². The maximum Gasteiger partial charge on any atom is 0.243 e. The average molecular weight is 455 g/mol. The molecule has 9 heteroatoms. The van der Waals surface area contributed by atoms with Crippen molar-refractivity contribution in [1.82, 2.24) is 4.31 Å². The topological polar surface area (TPSA) is 83.6 Å². The number of anilines is 1. The molecule has 1 heterocycles. The Balaban J connectivity index is 1.65. The number of sulfonamides is 1. The SMILES string of the molecule is CC(=O)c1cccc(S(=O)(=O)N2CCC(C(=O)Nc3ccc(Cl)c(Cl)c3)CC2)c1. The van der Waals surface area contributed by atoms with Crippen LogP contribution in [0.3, 0.4) is 0 Å². The first kappa shape index (κ1) is 21.8. The number of carbonyl (C=O) groups excluding carboxylic acids is 2. The Morgan fingerprint density at radius 2 is 1.72 bits per heavy atom.